The SMILES string of the molecule is Cc1cccc(Cc2n[nH]c3cc(O)c(C(=O)N(C)c4ccc(OCCN(C)C)cc4)cc23)c1. The highest BCUT2D eigenvalue weighted by Crippen LogP contribution is 2.29. The first kappa shape index (κ1) is 23.3. The number of aryl methyl sites for hydroxylation is 1. The first-order valence-corrected chi connectivity index (χ1v) is 11.2. The number of rotatable bonds is 8. The molecule has 0 aliphatic heterocycles. The highest BCUT2D eigenvalue weighted by atomic mass is 16.5. The van der Waals surface area contributed by atoms with Crippen molar-refractivity contribution in [3.05, 3.63) is 83.0 Å². The molecule has 1 aromatic heterocycles. The van der Waals surface area contributed by atoms with Crippen LogP contribution < -0.4 is 9.64 Å². The second-order valence-corrected chi connectivity index (χ2v) is 8.76. The van der Waals surface area contributed by atoms with E-state index in [0.717, 1.165) is 28.9 Å². The monoisotopic (exact) mass is 458 g/mol. The van der Waals surface area contributed by atoms with E-state index in [1.165, 1.54) is 10.5 Å². The predicted octanol–water partition coefficient (Wildman–Crippen LogP) is 4.38. The van der Waals surface area contributed by atoms with Gasteiger partial charge in [-0.2, -0.15) is 5.10 Å². The highest BCUT2D eigenvalue weighted by molar-refractivity contribution is 6.09. The number of aromatic nitrogens is 2. The molecule has 34 heavy (non-hydrogen) atoms. The summed E-state index contributed by atoms with van der Waals surface area (Å²) in [5.74, 6) is 0.358. The molecule has 0 atom stereocenters. The summed E-state index contributed by atoms with van der Waals surface area (Å²) in [5.41, 5.74) is 4.78. The smallest absolute Gasteiger partial charge is 0.261 e. The van der Waals surface area contributed by atoms with Gasteiger partial charge in [0.2, 0.25) is 0 Å². The number of amides is 1. The number of hydrogen-bond donors (Lipinski definition) is 2. The van der Waals surface area contributed by atoms with Crippen LogP contribution in [0.15, 0.2) is 60.7 Å². The van der Waals surface area contributed by atoms with Crippen LogP contribution in [0.5, 0.6) is 11.5 Å². The molecule has 1 heterocycles. The van der Waals surface area contributed by atoms with Crippen molar-refractivity contribution in [2.24, 2.45) is 0 Å². The average molecular weight is 459 g/mol. The van der Waals surface area contributed by atoms with Gasteiger partial charge in [0.1, 0.15) is 18.1 Å². The van der Waals surface area contributed by atoms with Gasteiger partial charge < -0.3 is 19.6 Å². The number of carbonyl (C=O) groups is 1. The Morgan fingerprint density at radius 2 is 1.82 bits per heavy atom. The lowest BCUT2D eigenvalue weighted by atomic mass is 10.0. The van der Waals surface area contributed by atoms with Gasteiger partial charge >= 0.3 is 0 Å². The summed E-state index contributed by atoms with van der Waals surface area (Å²) >= 11 is 0. The Hall–Kier alpha value is -3.84. The quantitative estimate of drug-likeness (QED) is 0.409. The third-order valence-corrected chi connectivity index (χ3v) is 5.78. The second-order valence-electron chi connectivity index (χ2n) is 8.76. The molecule has 4 rings (SSSR count). The van der Waals surface area contributed by atoms with Gasteiger partial charge in [-0.3, -0.25) is 9.89 Å². The van der Waals surface area contributed by atoms with Crippen molar-refractivity contribution < 1.29 is 14.6 Å². The maximum Gasteiger partial charge on any atom is 0.261 e. The molecule has 7 heteroatoms. The third kappa shape index (κ3) is 5.21. The van der Waals surface area contributed by atoms with Crippen molar-refractivity contribution in [1.82, 2.24) is 15.1 Å². The maximum atomic E-state index is 13.3. The van der Waals surface area contributed by atoms with Crippen LogP contribution >= 0.6 is 0 Å². The number of phenolic OH excluding ortho intramolecular Hbond substituents is 1. The van der Waals surface area contributed by atoms with E-state index in [-0.39, 0.29) is 17.2 Å². The number of fused-ring (bicyclic) bond motifs is 1. The molecule has 0 saturated carbocycles. The van der Waals surface area contributed by atoms with Crippen LogP contribution in [-0.4, -0.2) is 60.4 Å². The maximum absolute atomic E-state index is 13.3. The largest absolute Gasteiger partial charge is 0.507 e. The molecule has 2 N–H and O–H groups in total. The average Bonchev–Trinajstić information content (AvgIpc) is 3.19. The summed E-state index contributed by atoms with van der Waals surface area (Å²) in [5, 5.41) is 18.8. The molecule has 1 amide bonds. The van der Waals surface area contributed by atoms with Gasteiger partial charge in [0.05, 0.1) is 16.8 Å². The van der Waals surface area contributed by atoms with Gasteiger partial charge in [0.25, 0.3) is 5.91 Å². The lowest BCUT2D eigenvalue weighted by Gasteiger charge is -2.19. The van der Waals surface area contributed by atoms with Crippen molar-refractivity contribution >= 4 is 22.5 Å². The van der Waals surface area contributed by atoms with E-state index in [1.807, 2.05) is 44.4 Å². The Morgan fingerprint density at radius 1 is 1.06 bits per heavy atom. The number of hydrogen-bond acceptors (Lipinski definition) is 5. The van der Waals surface area contributed by atoms with Gasteiger partial charge in [-0.1, -0.05) is 29.8 Å². The topological polar surface area (TPSA) is 81.7 Å². The lowest BCUT2D eigenvalue weighted by Crippen LogP contribution is -2.26. The number of likely N-dealkylation sites (N-methyl/N-ethyl adjacent to an activating group) is 1. The van der Waals surface area contributed by atoms with E-state index in [4.69, 9.17) is 4.74 Å². The molecule has 0 aliphatic carbocycles. The normalized spacial score (nSPS) is 11.2. The molecule has 0 spiro atoms. The molecule has 0 saturated heterocycles. The summed E-state index contributed by atoms with van der Waals surface area (Å²) in [6, 6.07) is 18.9. The summed E-state index contributed by atoms with van der Waals surface area (Å²) in [6.45, 7) is 3.46. The van der Waals surface area contributed by atoms with E-state index in [2.05, 4.69) is 40.2 Å². The fourth-order valence-corrected chi connectivity index (χ4v) is 3.84. The van der Waals surface area contributed by atoms with E-state index < -0.39 is 0 Å². The number of aromatic hydroxyl groups is 1. The van der Waals surface area contributed by atoms with Crippen molar-refractivity contribution in [2.45, 2.75) is 13.3 Å². The van der Waals surface area contributed by atoms with Crippen LogP contribution in [0.2, 0.25) is 0 Å². The zero-order valence-electron chi connectivity index (χ0n) is 20.0. The van der Waals surface area contributed by atoms with Gasteiger partial charge in [-0.05, 0) is 56.9 Å². The van der Waals surface area contributed by atoms with Crippen molar-refractivity contribution in [2.75, 3.05) is 39.2 Å². The van der Waals surface area contributed by atoms with Gasteiger partial charge in [0, 0.05) is 37.2 Å². The van der Waals surface area contributed by atoms with Crippen LogP contribution in [0.25, 0.3) is 10.9 Å². The van der Waals surface area contributed by atoms with Crippen LogP contribution in [0.1, 0.15) is 27.2 Å². The Labute approximate surface area is 199 Å². The number of nitrogens with one attached hydrogen (secondary N) is 1. The van der Waals surface area contributed by atoms with E-state index in [9.17, 15) is 9.90 Å². The van der Waals surface area contributed by atoms with Gasteiger partial charge in [0.15, 0.2) is 0 Å². The minimum Gasteiger partial charge on any atom is -0.507 e. The number of phenols is 1. The van der Waals surface area contributed by atoms with Crippen LogP contribution in [0.4, 0.5) is 5.69 Å². The van der Waals surface area contributed by atoms with Gasteiger partial charge in [-0.25, -0.2) is 0 Å². The van der Waals surface area contributed by atoms with E-state index >= 15 is 0 Å². The highest BCUT2D eigenvalue weighted by Gasteiger charge is 2.20. The summed E-state index contributed by atoms with van der Waals surface area (Å²) < 4.78 is 5.73. The van der Waals surface area contributed by atoms with E-state index in [0.29, 0.717) is 24.2 Å². The zero-order chi connectivity index (χ0) is 24.2. The first-order valence-electron chi connectivity index (χ1n) is 11.2. The molecule has 0 unspecified atom stereocenters. The Kier molecular flexibility index (Phi) is 6.84. The first-order chi connectivity index (χ1) is 16.3. The molecule has 0 radical (unpaired) electrons. The zero-order valence-corrected chi connectivity index (χ0v) is 20.0. The minimum atomic E-state index is -0.302. The Bertz CT molecular complexity index is 1300. The fraction of sp³-hybridized carbons (Fsp3) is 0.259. The molecule has 0 fully saturated rings. The Balaban J connectivity index is 1.55. The van der Waals surface area contributed by atoms with Crippen LogP contribution in [-0.2, 0) is 6.42 Å². The summed E-state index contributed by atoms with van der Waals surface area (Å²) in [4.78, 5) is 16.8. The van der Waals surface area contributed by atoms with Crippen molar-refractivity contribution in [3.63, 3.8) is 0 Å². The number of benzene rings is 3. The molecule has 3 aromatic carbocycles. The number of ether oxygens (including phenoxy) is 1. The fourth-order valence-electron chi connectivity index (χ4n) is 3.84. The predicted molar refractivity (Wildman–Crippen MR) is 135 cm³/mol. The Morgan fingerprint density at radius 3 is 2.53 bits per heavy atom. The lowest BCUT2D eigenvalue weighted by molar-refractivity contribution is 0.0990. The number of anilines is 1. The molecular weight excluding hydrogens is 428 g/mol. The van der Waals surface area contributed by atoms with Crippen molar-refractivity contribution in [3.8, 4) is 11.5 Å². The van der Waals surface area contributed by atoms with Crippen LogP contribution in [0, 0.1) is 6.92 Å². The van der Waals surface area contributed by atoms with Gasteiger partial charge in [-0.15, -0.1) is 0 Å². The van der Waals surface area contributed by atoms with Crippen LogP contribution in [0.3, 0.4) is 0 Å². The number of H-pyrrole nitrogens is 1. The number of nitrogens with zero attached hydrogens (tertiary/aromatic N) is 3. The molecule has 176 valence electrons. The summed E-state index contributed by atoms with van der Waals surface area (Å²) in [7, 11) is 5.68. The molecule has 7 nitrogen and oxygen atoms in total. The molecule has 0 bridgehead atoms. The van der Waals surface area contributed by atoms with Crippen molar-refractivity contribution in [1.29, 1.82) is 0 Å². The summed E-state index contributed by atoms with van der Waals surface area (Å²) in [6.07, 6.45) is 0.630. The number of carbonyl (C=O) groups excluding carboxylic acids is 1. The second kappa shape index (κ2) is 9.97. The standard InChI is InChI=1S/C27H30N4O3/c1-18-6-5-7-19(14-18)15-24-22-16-23(26(32)17-25(22)29-28-24)27(33)31(4)20-8-10-21(11-9-20)34-13-12-30(2)3/h5-11,14,16-17,32H,12-13,15H2,1-4H3,(H,28,29). The van der Waals surface area contributed by atoms with E-state index in [1.54, 1.807) is 19.2 Å². The molecule has 0 aliphatic rings. The molecular formula is C27H30N4O3. The third-order valence-electron chi connectivity index (χ3n) is 5.78. The molecule has 4 aromatic rings. The number of aromatic amines is 1. The minimum absolute atomic E-state index is 0.0845.